The Kier molecular flexibility index (Phi) is 6.21. The van der Waals surface area contributed by atoms with Crippen LogP contribution in [0.3, 0.4) is 0 Å². The maximum absolute atomic E-state index is 8.88. The highest BCUT2D eigenvalue weighted by Gasteiger charge is 2.14. The molecule has 128 valence electrons. The molecular formula is C18H21N6P. The van der Waals surface area contributed by atoms with E-state index in [1.54, 1.807) is 6.20 Å². The molecule has 1 aliphatic rings. The summed E-state index contributed by atoms with van der Waals surface area (Å²) in [5, 5.41) is 17.6. The minimum Gasteiger partial charge on any atom is -0.367 e. The molecule has 0 bridgehead atoms. The van der Waals surface area contributed by atoms with E-state index in [9.17, 15) is 0 Å². The van der Waals surface area contributed by atoms with Crippen LogP contribution in [0.1, 0.15) is 30.9 Å². The standard InChI is InChI=1S/C16H15N6P.C2H6/c1-10-9-22(12-3-4-18-7-13(23)5-12)21-16(10)14-8-19-15(6-17)20-11(14)2;1-2/h3-5,7-9,18H,23H2,1-2H3;1-2H3. The Morgan fingerprint density at radius 3 is 2.72 bits per heavy atom. The summed E-state index contributed by atoms with van der Waals surface area (Å²) in [6.45, 7) is 7.85. The largest absolute Gasteiger partial charge is 0.367 e. The fraction of sp³-hybridized carbons (Fsp3) is 0.222. The van der Waals surface area contributed by atoms with Gasteiger partial charge in [0.1, 0.15) is 6.07 Å². The van der Waals surface area contributed by atoms with E-state index in [2.05, 4.69) is 29.6 Å². The summed E-state index contributed by atoms with van der Waals surface area (Å²) < 4.78 is 1.82. The van der Waals surface area contributed by atoms with Crippen LogP contribution in [0, 0.1) is 25.2 Å². The SMILES string of the molecule is CC.Cc1cn(C2=CC(P)=CNC=C2)nc1-c1cnc(C#N)nc1C. The lowest BCUT2D eigenvalue weighted by Gasteiger charge is -2.03. The Balaban J connectivity index is 0.00000109. The van der Waals surface area contributed by atoms with E-state index >= 15 is 0 Å². The predicted octanol–water partition coefficient (Wildman–Crippen LogP) is 3.53. The van der Waals surface area contributed by atoms with E-state index < -0.39 is 0 Å². The van der Waals surface area contributed by atoms with Crippen molar-refractivity contribution in [1.82, 2.24) is 25.1 Å². The summed E-state index contributed by atoms with van der Waals surface area (Å²) in [6, 6.07) is 1.95. The van der Waals surface area contributed by atoms with Gasteiger partial charge in [-0.2, -0.15) is 10.4 Å². The second-order valence-electron chi connectivity index (χ2n) is 5.12. The second-order valence-corrected chi connectivity index (χ2v) is 5.79. The number of hydrogen-bond acceptors (Lipinski definition) is 5. The quantitative estimate of drug-likeness (QED) is 0.837. The Morgan fingerprint density at radius 1 is 1.28 bits per heavy atom. The van der Waals surface area contributed by atoms with Crippen molar-refractivity contribution >= 4 is 14.9 Å². The predicted molar refractivity (Wildman–Crippen MR) is 103 cm³/mol. The molecule has 1 atom stereocenters. The first kappa shape index (κ1) is 18.6. The fourth-order valence-electron chi connectivity index (χ4n) is 2.29. The number of allylic oxidation sites excluding steroid dienone is 4. The summed E-state index contributed by atoms with van der Waals surface area (Å²) in [7, 11) is 2.66. The van der Waals surface area contributed by atoms with Crippen molar-refractivity contribution in [3.63, 3.8) is 0 Å². The highest BCUT2D eigenvalue weighted by atomic mass is 31.0. The Hall–Kier alpha value is -2.77. The minimum atomic E-state index is 0.168. The van der Waals surface area contributed by atoms with E-state index in [-0.39, 0.29) is 5.82 Å². The van der Waals surface area contributed by atoms with Gasteiger partial charge in [0.15, 0.2) is 0 Å². The van der Waals surface area contributed by atoms with Crippen molar-refractivity contribution in [1.29, 1.82) is 5.26 Å². The lowest BCUT2D eigenvalue weighted by molar-refractivity contribution is 0.910. The van der Waals surface area contributed by atoms with Crippen LogP contribution in [-0.4, -0.2) is 19.7 Å². The van der Waals surface area contributed by atoms with E-state index in [1.807, 2.05) is 69.2 Å². The number of nitrogens with zero attached hydrogens (tertiary/aromatic N) is 5. The first-order valence-electron chi connectivity index (χ1n) is 7.99. The van der Waals surface area contributed by atoms with Gasteiger partial charge >= 0.3 is 0 Å². The summed E-state index contributed by atoms with van der Waals surface area (Å²) in [5.74, 6) is 0.168. The van der Waals surface area contributed by atoms with Crippen LogP contribution in [0.15, 0.2) is 42.3 Å². The Labute approximate surface area is 150 Å². The van der Waals surface area contributed by atoms with Gasteiger partial charge in [-0.3, -0.25) is 0 Å². The highest BCUT2D eigenvalue weighted by Crippen LogP contribution is 2.25. The van der Waals surface area contributed by atoms with Gasteiger partial charge in [0.2, 0.25) is 5.82 Å². The Morgan fingerprint density at radius 2 is 2.04 bits per heavy atom. The molecule has 25 heavy (non-hydrogen) atoms. The van der Waals surface area contributed by atoms with E-state index in [1.165, 1.54) is 0 Å². The van der Waals surface area contributed by atoms with E-state index in [0.29, 0.717) is 0 Å². The zero-order valence-electron chi connectivity index (χ0n) is 14.8. The van der Waals surface area contributed by atoms with Crippen LogP contribution in [0.2, 0.25) is 0 Å². The van der Waals surface area contributed by atoms with Gasteiger partial charge < -0.3 is 5.32 Å². The zero-order valence-corrected chi connectivity index (χ0v) is 15.9. The third kappa shape index (κ3) is 4.20. The van der Waals surface area contributed by atoms with Crippen LogP contribution < -0.4 is 5.32 Å². The number of aromatic nitrogens is 4. The second kappa shape index (κ2) is 8.36. The maximum atomic E-state index is 8.88. The molecule has 2 aromatic heterocycles. The van der Waals surface area contributed by atoms with Gasteiger partial charge in [0.25, 0.3) is 0 Å². The molecule has 0 saturated carbocycles. The molecule has 0 saturated heterocycles. The molecule has 0 amide bonds. The van der Waals surface area contributed by atoms with Gasteiger partial charge in [-0.05, 0) is 36.9 Å². The minimum absolute atomic E-state index is 0.168. The summed E-state index contributed by atoms with van der Waals surface area (Å²) >= 11 is 0. The van der Waals surface area contributed by atoms with Crippen molar-refractivity contribution in [3.05, 3.63) is 59.3 Å². The molecule has 3 rings (SSSR count). The third-order valence-electron chi connectivity index (χ3n) is 3.41. The van der Waals surface area contributed by atoms with E-state index in [4.69, 9.17) is 5.26 Å². The average molecular weight is 352 g/mol. The first-order valence-corrected chi connectivity index (χ1v) is 8.57. The average Bonchev–Trinajstić information content (AvgIpc) is 2.86. The van der Waals surface area contributed by atoms with E-state index in [0.717, 1.165) is 33.5 Å². The number of nitriles is 1. The van der Waals surface area contributed by atoms with Crippen molar-refractivity contribution < 1.29 is 0 Å². The fourth-order valence-corrected chi connectivity index (χ4v) is 2.56. The van der Waals surface area contributed by atoms with Crippen molar-refractivity contribution in [2.45, 2.75) is 27.7 Å². The number of nitrogens with one attached hydrogen (secondary N) is 1. The van der Waals surface area contributed by atoms with Crippen molar-refractivity contribution in [2.75, 3.05) is 0 Å². The molecule has 1 unspecified atom stereocenters. The normalized spacial score (nSPS) is 12.8. The number of rotatable bonds is 2. The molecular weight excluding hydrogens is 331 g/mol. The molecule has 0 aromatic carbocycles. The van der Waals surface area contributed by atoms with Crippen molar-refractivity contribution in [2.24, 2.45) is 0 Å². The van der Waals surface area contributed by atoms with Crippen LogP contribution >= 0.6 is 9.24 Å². The molecule has 0 fully saturated rings. The van der Waals surface area contributed by atoms with Crippen LogP contribution in [0.4, 0.5) is 0 Å². The molecule has 0 aliphatic carbocycles. The molecule has 2 aromatic rings. The topological polar surface area (TPSA) is 79.4 Å². The third-order valence-corrected chi connectivity index (χ3v) is 3.74. The lowest BCUT2D eigenvalue weighted by atomic mass is 10.1. The monoisotopic (exact) mass is 352 g/mol. The molecule has 6 nitrogen and oxygen atoms in total. The summed E-state index contributed by atoms with van der Waals surface area (Å²) in [4.78, 5) is 8.24. The molecule has 1 aliphatic heterocycles. The summed E-state index contributed by atoms with van der Waals surface area (Å²) in [5.41, 5.74) is 4.34. The lowest BCUT2D eigenvalue weighted by Crippen LogP contribution is -1.98. The van der Waals surface area contributed by atoms with Gasteiger partial charge in [-0.15, -0.1) is 9.24 Å². The summed E-state index contributed by atoms with van der Waals surface area (Å²) in [6.07, 6.45) is 11.3. The maximum Gasteiger partial charge on any atom is 0.232 e. The van der Waals surface area contributed by atoms with Crippen LogP contribution in [0.25, 0.3) is 17.0 Å². The van der Waals surface area contributed by atoms with Gasteiger partial charge in [0, 0.05) is 30.4 Å². The van der Waals surface area contributed by atoms with Gasteiger partial charge in [0.05, 0.1) is 17.1 Å². The van der Waals surface area contributed by atoms with Crippen molar-refractivity contribution in [3.8, 4) is 17.3 Å². The zero-order chi connectivity index (χ0) is 18.4. The number of aryl methyl sites for hydroxylation is 2. The van der Waals surface area contributed by atoms with Crippen LogP contribution in [-0.2, 0) is 0 Å². The highest BCUT2D eigenvalue weighted by molar-refractivity contribution is 7.23. The molecule has 7 heteroatoms. The molecule has 0 spiro atoms. The smallest absolute Gasteiger partial charge is 0.232 e. The molecule has 1 N–H and O–H groups in total. The Bertz CT molecular complexity index is 899. The first-order chi connectivity index (χ1) is 12.1. The van der Waals surface area contributed by atoms with Gasteiger partial charge in [-0.25, -0.2) is 14.6 Å². The van der Waals surface area contributed by atoms with Gasteiger partial charge in [-0.1, -0.05) is 13.8 Å². The van der Waals surface area contributed by atoms with Crippen LogP contribution in [0.5, 0.6) is 0 Å². The molecule has 3 heterocycles. The number of hydrogen-bond donors (Lipinski definition) is 1. The molecule has 0 radical (unpaired) electrons.